The van der Waals surface area contributed by atoms with Gasteiger partial charge in [0.15, 0.2) is 0 Å². The van der Waals surface area contributed by atoms with Crippen LogP contribution in [0.2, 0.25) is 0 Å². The quantitative estimate of drug-likeness (QED) is 0.844. The number of rotatable bonds is 3. The van der Waals surface area contributed by atoms with Gasteiger partial charge in [0, 0.05) is 25.2 Å². The highest BCUT2D eigenvalue weighted by Crippen LogP contribution is 2.35. The molecule has 2 aliphatic heterocycles. The average molecular weight is 311 g/mol. The highest BCUT2D eigenvalue weighted by atomic mass is 32.2. The number of anilines is 1. The molecule has 1 aromatic rings. The molecule has 21 heavy (non-hydrogen) atoms. The van der Waals surface area contributed by atoms with Crippen molar-refractivity contribution >= 4 is 21.6 Å². The first-order valence-electron chi connectivity index (χ1n) is 6.73. The molecule has 1 aromatic heterocycles. The Hall–Kier alpha value is -1.51. The van der Waals surface area contributed by atoms with Crippen molar-refractivity contribution in [2.75, 3.05) is 31.3 Å². The average Bonchev–Trinajstić information content (AvgIpc) is 2.98. The molecule has 8 heteroatoms. The number of amides is 1. The molecule has 3 rings (SSSR count). The topological polar surface area (TPSA) is 88.6 Å². The molecule has 3 atom stereocenters. The molecule has 0 aliphatic carbocycles. The molecule has 0 radical (unpaired) electrons. The number of sulfonamides is 1. The summed E-state index contributed by atoms with van der Waals surface area (Å²) in [5.74, 6) is -0.566. The molecule has 3 heterocycles. The lowest BCUT2D eigenvalue weighted by atomic mass is 9.92. The molecule has 1 amide bonds. The van der Waals surface area contributed by atoms with Crippen LogP contribution in [0.5, 0.6) is 0 Å². The van der Waals surface area contributed by atoms with Crippen LogP contribution in [0.15, 0.2) is 24.5 Å². The van der Waals surface area contributed by atoms with E-state index in [1.165, 1.54) is 10.6 Å². The summed E-state index contributed by atoms with van der Waals surface area (Å²) in [5, 5.41) is 2.80. The van der Waals surface area contributed by atoms with E-state index in [2.05, 4.69) is 10.3 Å². The smallest absolute Gasteiger partial charge is 0.230 e. The van der Waals surface area contributed by atoms with Crippen molar-refractivity contribution in [3.63, 3.8) is 0 Å². The molecule has 2 fully saturated rings. The molecule has 0 bridgehead atoms. The van der Waals surface area contributed by atoms with Gasteiger partial charge in [0.2, 0.25) is 15.9 Å². The number of nitrogens with one attached hydrogen (secondary N) is 1. The lowest BCUT2D eigenvalue weighted by molar-refractivity contribution is -0.120. The van der Waals surface area contributed by atoms with E-state index < -0.39 is 10.0 Å². The fraction of sp³-hybridized carbons (Fsp3) is 0.538. The Balaban J connectivity index is 1.69. The zero-order chi connectivity index (χ0) is 15.0. The molecule has 0 unspecified atom stereocenters. The Bertz CT molecular complexity index is 634. The van der Waals surface area contributed by atoms with Crippen LogP contribution in [-0.2, 0) is 19.6 Å². The van der Waals surface area contributed by atoms with E-state index >= 15 is 0 Å². The van der Waals surface area contributed by atoms with Gasteiger partial charge in [0.05, 0.1) is 36.8 Å². The molecule has 1 N–H and O–H groups in total. The highest BCUT2D eigenvalue weighted by Gasteiger charge is 2.48. The molecular weight excluding hydrogens is 294 g/mol. The zero-order valence-corrected chi connectivity index (χ0v) is 12.4. The summed E-state index contributed by atoms with van der Waals surface area (Å²) in [4.78, 5) is 16.3. The van der Waals surface area contributed by atoms with E-state index in [1.54, 1.807) is 24.5 Å². The molecule has 0 aromatic carbocycles. The fourth-order valence-electron chi connectivity index (χ4n) is 2.89. The van der Waals surface area contributed by atoms with Gasteiger partial charge in [-0.05, 0) is 12.1 Å². The number of aromatic nitrogens is 1. The fourth-order valence-corrected chi connectivity index (χ4v) is 3.75. The standard InChI is InChI=1S/C13H17N3O4S/c1-21(18,19)16-6-10-11(8-20-12(10)7-16)13(17)15-9-3-2-4-14-5-9/h2-5,10-12H,6-8H2,1H3,(H,15,17)/t10-,11-,12-/m0/s1. The highest BCUT2D eigenvalue weighted by molar-refractivity contribution is 7.88. The monoisotopic (exact) mass is 311 g/mol. The molecule has 114 valence electrons. The maximum Gasteiger partial charge on any atom is 0.230 e. The Morgan fingerprint density at radius 2 is 2.29 bits per heavy atom. The van der Waals surface area contributed by atoms with Crippen LogP contribution in [0.1, 0.15) is 0 Å². The Morgan fingerprint density at radius 3 is 2.95 bits per heavy atom. The summed E-state index contributed by atoms with van der Waals surface area (Å²) < 4.78 is 30.2. The number of hydrogen-bond acceptors (Lipinski definition) is 5. The van der Waals surface area contributed by atoms with Crippen LogP contribution in [0, 0.1) is 11.8 Å². The number of fused-ring (bicyclic) bond motifs is 1. The van der Waals surface area contributed by atoms with Gasteiger partial charge in [-0.15, -0.1) is 0 Å². The van der Waals surface area contributed by atoms with Crippen LogP contribution in [0.4, 0.5) is 5.69 Å². The van der Waals surface area contributed by atoms with E-state index in [1.807, 2.05) is 0 Å². The molecule has 2 saturated heterocycles. The number of carbonyl (C=O) groups excluding carboxylic acids is 1. The van der Waals surface area contributed by atoms with Crippen LogP contribution in [0.3, 0.4) is 0 Å². The van der Waals surface area contributed by atoms with E-state index in [4.69, 9.17) is 4.74 Å². The van der Waals surface area contributed by atoms with Crippen molar-refractivity contribution in [1.29, 1.82) is 0 Å². The second-order valence-electron chi connectivity index (χ2n) is 5.45. The van der Waals surface area contributed by atoms with Crippen LogP contribution in [0.25, 0.3) is 0 Å². The predicted octanol–water partition coefficient (Wildman–Crippen LogP) is -0.0735. The first kappa shape index (κ1) is 14.4. The van der Waals surface area contributed by atoms with Crippen molar-refractivity contribution in [1.82, 2.24) is 9.29 Å². The van der Waals surface area contributed by atoms with Crippen molar-refractivity contribution in [3.05, 3.63) is 24.5 Å². The Morgan fingerprint density at radius 1 is 1.48 bits per heavy atom. The van der Waals surface area contributed by atoms with Gasteiger partial charge < -0.3 is 10.1 Å². The summed E-state index contributed by atoms with van der Waals surface area (Å²) in [6.45, 7) is 1.01. The summed E-state index contributed by atoms with van der Waals surface area (Å²) in [6.07, 6.45) is 4.19. The van der Waals surface area contributed by atoms with E-state index in [0.717, 1.165) is 0 Å². The van der Waals surface area contributed by atoms with Gasteiger partial charge in [0.25, 0.3) is 0 Å². The third-order valence-electron chi connectivity index (χ3n) is 4.02. The van der Waals surface area contributed by atoms with Gasteiger partial charge in [-0.3, -0.25) is 9.78 Å². The van der Waals surface area contributed by atoms with Crippen molar-refractivity contribution in [3.8, 4) is 0 Å². The second kappa shape index (κ2) is 5.36. The van der Waals surface area contributed by atoms with Gasteiger partial charge in [-0.25, -0.2) is 8.42 Å². The zero-order valence-electron chi connectivity index (χ0n) is 11.6. The second-order valence-corrected chi connectivity index (χ2v) is 7.44. The van der Waals surface area contributed by atoms with E-state index in [0.29, 0.717) is 25.4 Å². The largest absolute Gasteiger partial charge is 0.376 e. The number of pyridine rings is 1. The molecule has 2 aliphatic rings. The van der Waals surface area contributed by atoms with Gasteiger partial charge in [0.1, 0.15) is 0 Å². The van der Waals surface area contributed by atoms with E-state index in [9.17, 15) is 13.2 Å². The number of nitrogens with zero attached hydrogens (tertiary/aromatic N) is 2. The molecule has 0 saturated carbocycles. The third-order valence-corrected chi connectivity index (χ3v) is 5.25. The Kier molecular flexibility index (Phi) is 3.68. The lowest BCUT2D eigenvalue weighted by Crippen LogP contribution is -2.33. The molecule has 7 nitrogen and oxygen atoms in total. The summed E-state index contributed by atoms with van der Waals surface area (Å²) in [5.41, 5.74) is 0.629. The summed E-state index contributed by atoms with van der Waals surface area (Å²) >= 11 is 0. The normalized spacial score (nSPS) is 29.3. The number of ether oxygens (including phenoxy) is 1. The minimum absolute atomic E-state index is 0.0867. The molecule has 0 spiro atoms. The van der Waals surface area contributed by atoms with Crippen molar-refractivity contribution in [2.24, 2.45) is 11.8 Å². The first-order chi connectivity index (χ1) is 9.95. The van der Waals surface area contributed by atoms with Gasteiger partial charge >= 0.3 is 0 Å². The maximum absolute atomic E-state index is 12.3. The summed E-state index contributed by atoms with van der Waals surface area (Å²) in [7, 11) is -3.24. The predicted molar refractivity (Wildman–Crippen MR) is 76.0 cm³/mol. The van der Waals surface area contributed by atoms with Gasteiger partial charge in [-0.1, -0.05) is 0 Å². The minimum atomic E-state index is -3.24. The van der Waals surface area contributed by atoms with Crippen molar-refractivity contribution < 1.29 is 17.9 Å². The maximum atomic E-state index is 12.3. The van der Waals surface area contributed by atoms with Crippen LogP contribution < -0.4 is 5.32 Å². The first-order valence-corrected chi connectivity index (χ1v) is 8.57. The SMILES string of the molecule is CS(=O)(=O)N1C[C@@H]2[C@H](C1)OC[C@@H]2C(=O)Nc1cccnc1. The lowest BCUT2D eigenvalue weighted by Gasteiger charge is -2.17. The summed E-state index contributed by atoms with van der Waals surface area (Å²) in [6, 6.07) is 3.50. The third kappa shape index (κ3) is 2.92. The number of hydrogen-bond donors (Lipinski definition) is 1. The van der Waals surface area contributed by atoms with Gasteiger partial charge in [-0.2, -0.15) is 4.31 Å². The van der Waals surface area contributed by atoms with E-state index in [-0.39, 0.29) is 23.8 Å². The number of carbonyl (C=O) groups is 1. The van der Waals surface area contributed by atoms with Crippen LogP contribution in [-0.4, -0.2) is 55.7 Å². The van der Waals surface area contributed by atoms with Crippen LogP contribution >= 0.6 is 0 Å². The molecular formula is C13H17N3O4S. The van der Waals surface area contributed by atoms with Crippen molar-refractivity contribution in [2.45, 2.75) is 6.10 Å². The Labute approximate surface area is 123 Å². The minimum Gasteiger partial charge on any atom is -0.376 e.